The van der Waals surface area contributed by atoms with E-state index < -0.39 is 0 Å². The van der Waals surface area contributed by atoms with Crippen LogP contribution in [0.4, 0.5) is 0 Å². The van der Waals surface area contributed by atoms with Crippen LogP contribution in [-0.4, -0.2) is 9.97 Å². The van der Waals surface area contributed by atoms with E-state index in [0.29, 0.717) is 0 Å². The summed E-state index contributed by atoms with van der Waals surface area (Å²) in [6, 6.07) is 42.6. The maximum absolute atomic E-state index is 4.19. The van der Waals surface area contributed by atoms with E-state index >= 15 is 0 Å². The van der Waals surface area contributed by atoms with Crippen LogP contribution in [0.25, 0.3) is 76.8 Å². The number of aromatic nitrogens is 2. The molecular weight excluding hydrogens is 532 g/mol. The van der Waals surface area contributed by atoms with Crippen molar-refractivity contribution in [3.63, 3.8) is 0 Å². The molecule has 0 saturated carbocycles. The second-order valence-corrected chi connectivity index (χ2v) is 12.7. The van der Waals surface area contributed by atoms with Crippen LogP contribution in [0.1, 0.15) is 26.3 Å². The summed E-state index contributed by atoms with van der Waals surface area (Å²) in [5.74, 6) is 0. The minimum absolute atomic E-state index is 0.0773. The van der Waals surface area contributed by atoms with Gasteiger partial charge in [0, 0.05) is 24.8 Å². The van der Waals surface area contributed by atoms with E-state index in [1.54, 1.807) is 0 Å². The lowest BCUT2D eigenvalue weighted by molar-refractivity contribution is 0.591. The fourth-order valence-electron chi connectivity index (χ4n) is 6.60. The van der Waals surface area contributed by atoms with Crippen molar-refractivity contribution in [3.05, 3.63) is 146 Å². The fourth-order valence-corrected chi connectivity index (χ4v) is 6.60. The smallest absolute Gasteiger partial charge is 0.0273 e. The number of rotatable bonds is 4. The van der Waals surface area contributed by atoms with Crippen LogP contribution in [0.5, 0.6) is 0 Å². The molecule has 0 saturated heterocycles. The van der Waals surface area contributed by atoms with Gasteiger partial charge in [-0.1, -0.05) is 106 Å². The average molecular weight is 565 g/mol. The number of hydrogen-bond donors (Lipinski definition) is 0. The highest BCUT2D eigenvalue weighted by Crippen LogP contribution is 2.45. The molecule has 2 aromatic heterocycles. The van der Waals surface area contributed by atoms with Crippen molar-refractivity contribution in [1.82, 2.24) is 9.97 Å². The average Bonchev–Trinajstić information content (AvgIpc) is 3.07. The lowest BCUT2D eigenvalue weighted by Crippen LogP contribution is -2.10. The third-order valence-electron chi connectivity index (χ3n) is 9.00. The fraction of sp³-hybridized carbons (Fsp3) is 0.0952. The van der Waals surface area contributed by atoms with Crippen LogP contribution in [0, 0.1) is 0 Å². The largest absolute Gasteiger partial charge is 0.265 e. The van der Waals surface area contributed by atoms with Gasteiger partial charge in [-0.05, 0) is 118 Å². The van der Waals surface area contributed by atoms with Crippen LogP contribution in [0.15, 0.2) is 140 Å². The lowest BCUT2D eigenvalue weighted by Gasteiger charge is -2.23. The Morgan fingerprint density at radius 1 is 0.386 bits per heavy atom. The molecule has 0 bridgehead atoms. The van der Waals surface area contributed by atoms with E-state index in [2.05, 4.69) is 146 Å². The Balaban J connectivity index is 1.37. The molecule has 44 heavy (non-hydrogen) atoms. The third-order valence-corrected chi connectivity index (χ3v) is 9.00. The molecule has 0 amide bonds. The molecule has 8 aromatic rings. The molecule has 0 aliphatic heterocycles. The summed E-state index contributed by atoms with van der Waals surface area (Å²) in [6.07, 6.45) is 7.39. The molecule has 0 aliphatic rings. The van der Waals surface area contributed by atoms with Gasteiger partial charge >= 0.3 is 0 Å². The number of pyridine rings is 2. The monoisotopic (exact) mass is 564 g/mol. The van der Waals surface area contributed by atoms with Crippen LogP contribution in [0.2, 0.25) is 0 Å². The van der Waals surface area contributed by atoms with Crippen molar-refractivity contribution < 1.29 is 0 Å². The summed E-state index contributed by atoms with van der Waals surface area (Å²) < 4.78 is 0. The normalized spacial score (nSPS) is 12.0. The van der Waals surface area contributed by atoms with E-state index in [1.165, 1.54) is 82.4 Å². The molecule has 0 N–H and O–H groups in total. The minimum atomic E-state index is 0.0773. The van der Waals surface area contributed by atoms with Gasteiger partial charge in [0.15, 0.2) is 0 Å². The maximum Gasteiger partial charge on any atom is 0.0273 e. The molecule has 210 valence electrons. The molecule has 2 heteroatoms. The lowest BCUT2D eigenvalue weighted by atomic mass is 9.81. The highest BCUT2D eigenvalue weighted by molar-refractivity contribution is 6.28. The quantitative estimate of drug-likeness (QED) is 0.199. The van der Waals surface area contributed by atoms with Crippen molar-refractivity contribution in [2.45, 2.75) is 26.2 Å². The van der Waals surface area contributed by atoms with Gasteiger partial charge in [-0.15, -0.1) is 0 Å². The molecule has 0 unspecified atom stereocenters. The van der Waals surface area contributed by atoms with Gasteiger partial charge < -0.3 is 0 Å². The van der Waals surface area contributed by atoms with Gasteiger partial charge in [0.25, 0.3) is 0 Å². The Labute approximate surface area is 258 Å². The van der Waals surface area contributed by atoms with Crippen molar-refractivity contribution in [2.24, 2.45) is 0 Å². The predicted octanol–water partition coefficient (Wildman–Crippen LogP) is 11.3. The molecule has 0 radical (unpaired) electrons. The first-order valence-corrected chi connectivity index (χ1v) is 15.2. The first-order chi connectivity index (χ1) is 21.4. The summed E-state index contributed by atoms with van der Waals surface area (Å²) in [5, 5.41) is 7.86. The molecule has 0 fully saturated rings. The summed E-state index contributed by atoms with van der Waals surface area (Å²) in [6.45, 7) is 6.88. The van der Waals surface area contributed by atoms with E-state index in [-0.39, 0.29) is 5.41 Å². The van der Waals surface area contributed by atoms with E-state index in [9.17, 15) is 0 Å². The third kappa shape index (κ3) is 4.42. The summed E-state index contributed by atoms with van der Waals surface area (Å²) in [5.41, 5.74) is 11.1. The molecule has 6 aromatic carbocycles. The zero-order valence-corrected chi connectivity index (χ0v) is 25.2. The number of hydrogen-bond acceptors (Lipinski definition) is 2. The zero-order valence-electron chi connectivity index (χ0n) is 25.2. The maximum atomic E-state index is 4.19. The summed E-state index contributed by atoms with van der Waals surface area (Å²) >= 11 is 0. The van der Waals surface area contributed by atoms with Crippen LogP contribution >= 0.6 is 0 Å². The van der Waals surface area contributed by atoms with Crippen molar-refractivity contribution >= 4 is 32.3 Å². The first kappa shape index (κ1) is 26.3. The summed E-state index contributed by atoms with van der Waals surface area (Å²) in [4.78, 5) is 8.37. The standard InChI is InChI=1S/C42H32N2/c1-42(2,3)35-24-33-12-14-36-38(31-8-4-27(5-9-31)29-16-20-43-21-17-29)26-39(37-15-13-34(25-35)40(33)41(36)37)32-10-6-28(7-11-32)30-18-22-44-23-19-30/h4-26H,1-3H3. The minimum Gasteiger partial charge on any atom is -0.265 e. The molecule has 2 heterocycles. The van der Waals surface area contributed by atoms with Gasteiger partial charge in [0.2, 0.25) is 0 Å². The van der Waals surface area contributed by atoms with Crippen molar-refractivity contribution in [2.75, 3.05) is 0 Å². The first-order valence-electron chi connectivity index (χ1n) is 15.2. The molecule has 0 aliphatic carbocycles. The van der Waals surface area contributed by atoms with E-state index in [4.69, 9.17) is 0 Å². The van der Waals surface area contributed by atoms with Gasteiger partial charge in [-0.2, -0.15) is 0 Å². The van der Waals surface area contributed by atoms with Gasteiger partial charge in [-0.3, -0.25) is 9.97 Å². The Morgan fingerprint density at radius 2 is 0.773 bits per heavy atom. The molecular formula is C42H32N2. The highest BCUT2D eigenvalue weighted by Gasteiger charge is 2.20. The Kier molecular flexibility index (Phi) is 6.06. The topological polar surface area (TPSA) is 25.8 Å². The molecule has 2 nitrogen and oxygen atoms in total. The Bertz CT molecular complexity index is 2110. The Hall–Kier alpha value is -5.34. The summed E-state index contributed by atoms with van der Waals surface area (Å²) in [7, 11) is 0. The van der Waals surface area contributed by atoms with E-state index in [1.807, 2.05) is 24.8 Å². The van der Waals surface area contributed by atoms with Gasteiger partial charge in [0.05, 0.1) is 0 Å². The zero-order chi connectivity index (χ0) is 29.8. The number of benzene rings is 6. The van der Waals surface area contributed by atoms with Crippen molar-refractivity contribution in [3.8, 4) is 44.5 Å². The van der Waals surface area contributed by atoms with Crippen LogP contribution in [-0.2, 0) is 5.41 Å². The Morgan fingerprint density at radius 3 is 1.18 bits per heavy atom. The second kappa shape index (κ2) is 10.1. The van der Waals surface area contributed by atoms with Crippen LogP contribution < -0.4 is 0 Å². The second-order valence-electron chi connectivity index (χ2n) is 12.7. The molecule has 0 atom stereocenters. The highest BCUT2D eigenvalue weighted by atomic mass is 14.6. The van der Waals surface area contributed by atoms with Gasteiger partial charge in [0.1, 0.15) is 0 Å². The van der Waals surface area contributed by atoms with Crippen LogP contribution in [0.3, 0.4) is 0 Å². The van der Waals surface area contributed by atoms with Gasteiger partial charge in [-0.25, -0.2) is 0 Å². The molecule has 0 spiro atoms. The van der Waals surface area contributed by atoms with Crippen molar-refractivity contribution in [1.29, 1.82) is 0 Å². The number of nitrogens with zero attached hydrogens (tertiary/aromatic N) is 2. The van der Waals surface area contributed by atoms with E-state index in [0.717, 1.165) is 0 Å². The molecule has 8 rings (SSSR count). The SMILES string of the molecule is CC(C)(C)c1cc2ccc3c(-c4ccc(-c5ccncc5)cc4)cc(-c4ccc(-c5ccncc5)cc4)c4ccc(c1)c2c34. The predicted molar refractivity (Wildman–Crippen MR) is 186 cm³/mol.